The van der Waals surface area contributed by atoms with Gasteiger partial charge >= 0.3 is 7.12 Å². The molecule has 1 N–H and O–H groups in total. The predicted octanol–water partition coefficient (Wildman–Crippen LogP) is 0.767. The minimum absolute atomic E-state index is 0.0178. The summed E-state index contributed by atoms with van der Waals surface area (Å²) in [7, 11) is -0.882. The number of carbonyl (C=O) groups is 1. The van der Waals surface area contributed by atoms with E-state index in [2.05, 4.69) is 4.98 Å². The molecule has 0 aliphatic carbocycles. The molecule has 0 spiro atoms. The molecule has 0 amide bonds. The fourth-order valence-corrected chi connectivity index (χ4v) is 2.40. The Labute approximate surface area is 117 Å². The molecule has 20 heavy (non-hydrogen) atoms. The molecular weight excluding hydrogens is 253 g/mol. The van der Waals surface area contributed by atoms with Gasteiger partial charge in [-0.15, -0.1) is 0 Å². The van der Waals surface area contributed by atoms with Crippen LogP contribution in [0.5, 0.6) is 0 Å². The van der Waals surface area contributed by atoms with Gasteiger partial charge in [-0.05, 0) is 35.1 Å². The first-order valence-corrected chi connectivity index (χ1v) is 6.58. The van der Waals surface area contributed by atoms with Gasteiger partial charge in [0.1, 0.15) is 0 Å². The molecule has 0 fully saturated rings. The zero-order valence-electron chi connectivity index (χ0n) is 11.0. The van der Waals surface area contributed by atoms with Crippen LogP contribution in [0.1, 0.15) is 21.5 Å². The zero-order chi connectivity index (χ0) is 13.9. The summed E-state index contributed by atoms with van der Waals surface area (Å²) in [6.45, 7) is 0.530. The highest BCUT2D eigenvalue weighted by Crippen LogP contribution is 2.11. The molecule has 1 aromatic carbocycles. The van der Waals surface area contributed by atoms with Crippen molar-refractivity contribution in [2.24, 2.45) is 0 Å². The maximum Gasteiger partial charge on any atom is 0.491 e. The number of rotatable bonds is 3. The van der Waals surface area contributed by atoms with Crippen molar-refractivity contribution in [2.45, 2.75) is 12.8 Å². The maximum atomic E-state index is 12.1. The van der Waals surface area contributed by atoms with Crippen molar-refractivity contribution in [1.82, 2.24) is 4.98 Å². The normalized spacial score (nSPS) is 13.9. The van der Waals surface area contributed by atoms with Crippen molar-refractivity contribution < 1.29 is 14.5 Å². The molecule has 0 radical (unpaired) electrons. The van der Waals surface area contributed by atoms with Crippen LogP contribution in [-0.2, 0) is 17.5 Å². The summed E-state index contributed by atoms with van der Waals surface area (Å²) in [6, 6.07) is 9.26. The average Bonchev–Trinajstić information content (AvgIpc) is 2.49. The van der Waals surface area contributed by atoms with E-state index in [4.69, 9.17) is 4.65 Å². The Bertz CT molecular complexity index is 630. The second-order valence-electron chi connectivity index (χ2n) is 4.85. The highest BCUT2D eigenvalue weighted by molar-refractivity contribution is 6.60. The number of benzene rings is 1. The van der Waals surface area contributed by atoms with Gasteiger partial charge in [-0.1, -0.05) is 18.2 Å². The lowest BCUT2D eigenvalue weighted by molar-refractivity contribution is 0.0992. The van der Waals surface area contributed by atoms with Gasteiger partial charge in [0.2, 0.25) is 0 Å². The monoisotopic (exact) mass is 267 g/mol. The quantitative estimate of drug-likeness (QED) is 0.659. The van der Waals surface area contributed by atoms with Crippen LogP contribution in [0.2, 0.25) is 0 Å². The zero-order valence-corrected chi connectivity index (χ0v) is 11.0. The molecule has 3 rings (SSSR count). The minimum atomic E-state index is -0.882. The van der Waals surface area contributed by atoms with E-state index in [-0.39, 0.29) is 5.78 Å². The van der Waals surface area contributed by atoms with Crippen molar-refractivity contribution in [1.29, 1.82) is 0 Å². The molecule has 0 bridgehead atoms. The van der Waals surface area contributed by atoms with E-state index in [1.165, 1.54) is 0 Å². The Morgan fingerprint density at radius 1 is 1.40 bits per heavy atom. The molecular formula is C15H14BNO3. The SMILES string of the molecule is O=C(Cc1ccc2c(c1)B(O)OCC2)c1cccnc1. The number of pyridine rings is 1. The Kier molecular flexibility index (Phi) is 3.63. The number of ketones is 1. The van der Waals surface area contributed by atoms with E-state index < -0.39 is 7.12 Å². The summed E-state index contributed by atoms with van der Waals surface area (Å²) in [5.74, 6) is 0.0178. The van der Waals surface area contributed by atoms with E-state index in [0.717, 1.165) is 23.0 Å². The molecule has 1 aliphatic heterocycles. The first-order valence-electron chi connectivity index (χ1n) is 6.58. The van der Waals surface area contributed by atoms with Gasteiger partial charge in [0.15, 0.2) is 5.78 Å². The Morgan fingerprint density at radius 2 is 2.30 bits per heavy atom. The van der Waals surface area contributed by atoms with Gasteiger partial charge in [0.05, 0.1) is 0 Å². The molecule has 2 aromatic rings. The second-order valence-corrected chi connectivity index (χ2v) is 4.85. The van der Waals surface area contributed by atoms with Crippen LogP contribution in [0.25, 0.3) is 0 Å². The lowest BCUT2D eigenvalue weighted by atomic mass is 9.73. The number of aromatic nitrogens is 1. The van der Waals surface area contributed by atoms with Crippen LogP contribution in [0, 0.1) is 0 Å². The van der Waals surface area contributed by atoms with E-state index in [9.17, 15) is 9.82 Å². The van der Waals surface area contributed by atoms with E-state index in [0.29, 0.717) is 18.6 Å². The summed E-state index contributed by atoms with van der Waals surface area (Å²) in [4.78, 5) is 16.1. The lowest BCUT2D eigenvalue weighted by Crippen LogP contribution is -2.41. The van der Waals surface area contributed by atoms with Gasteiger partial charge < -0.3 is 9.68 Å². The van der Waals surface area contributed by atoms with Crippen molar-refractivity contribution in [2.75, 3.05) is 6.61 Å². The third kappa shape index (κ3) is 2.64. The average molecular weight is 267 g/mol. The van der Waals surface area contributed by atoms with E-state index >= 15 is 0 Å². The van der Waals surface area contributed by atoms with Crippen LogP contribution in [0.3, 0.4) is 0 Å². The van der Waals surface area contributed by atoms with Crippen molar-refractivity contribution in [3.63, 3.8) is 0 Å². The van der Waals surface area contributed by atoms with E-state index in [1.807, 2.05) is 18.2 Å². The standard InChI is InChI=1S/C15H14BNO3/c18-15(13-2-1-6-17-10-13)9-11-3-4-12-5-7-20-16(19)14(12)8-11/h1-4,6,8,10,19H,5,7,9H2. The smallest absolute Gasteiger partial charge is 0.423 e. The molecule has 1 aliphatic rings. The highest BCUT2D eigenvalue weighted by atomic mass is 16.5. The summed E-state index contributed by atoms with van der Waals surface area (Å²) in [5, 5.41) is 9.82. The molecule has 0 saturated carbocycles. The van der Waals surface area contributed by atoms with Crippen molar-refractivity contribution in [3.05, 3.63) is 59.4 Å². The minimum Gasteiger partial charge on any atom is -0.423 e. The van der Waals surface area contributed by atoms with Crippen LogP contribution in [0.4, 0.5) is 0 Å². The molecule has 0 unspecified atom stereocenters. The fourth-order valence-electron chi connectivity index (χ4n) is 2.40. The van der Waals surface area contributed by atoms with Gasteiger partial charge in [-0.2, -0.15) is 0 Å². The second kappa shape index (κ2) is 5.57. The van der Waals surface area contributed by atoms with Gasteiger partial charge in [-0.25, -0.2) is 0 Å². The number of hydrogen-bond donors (Lipinski definition) is 1. The highest BCUT2D eigenvalue weighted by Gasteiger charge is 2.25. The number of fused-ring (bicyclic) bond motifs is 1. The van der Waals surface area contributed by atoms with Crippen LogP contribution in [-0.4, -0.2) is 29.5 Å². The maximum absolute atomic E-state index is 12.1. The Balaban J connectivity index is 1.82. The van der Waals surface area contributed by atoms with E-state index in [1.54, 1.807) is 24.5 Å². The Morgan fingerprint density at radius 3 is 3.10 bits per heavy atom. The number of hydrogen-bond acceptors (Lipinski definition) is 4. The fraction of sp³-hybridized carbons (Fsp3) is 0.200. The third-order valence-corrected chi connectivity index (χ3v) is 3.47. The molecule has 1 aromatic heterocycles. The molecule has 4 nitrogen and oxygen atoms in total. The van der Waals surface area contributed by atoms with Crippen LogP contribution in [0.15, 0.2) is 42.7 Å². The van der Waals surface area contributed by atoms with Crippen LogP contribution >= 0.6 is 0 Å². The van der Waals surface area contributed by atoms with Crippen molar-refractivity contribution >= 4 is 18.4 Å². The topological polar surface area (TPSA) is 59.4 Å². The molecule has 5 heteroatoms. The first kappa shape index (κ1) is 13.0. The summed E-state index contributed by atoms with van der Waals surface area (Å²) in [6.07, 6.45) is 4.30. The summed E-state index contributed by atoms with van der Waals surface area (Å²) in [5.41, 5.74) is 3.33. The van der Waals surface area contributed by atoms with Crippen molar-refractivity contribution in [3.8, 4) is 0 Å². The Hall–Kier alpha value is -1.98. The largest absolute Gasteiger partial charge is 0.491 e. The number of nitrogens with zero attached hydrogens (tertiary/aromatic N) is 1. The van der Waals surface area contributed by atoms with Crippen LogP contribution < -0.4 is 5.46 Å². The lowest BCUT2D eigenvalue weighted by Gasteiger charge is -2.19. The molecule has 100 valence electrons. The molecule has 0 saturated heterocycles. The molecule has 0 atom stereocenters. The summed E-state index contributed by atoms with van der Waals surface area (Å²) < 4.78 is 5.21. The van der Waals surface area contributed by atoms with Gasteiger partial charge in [0, 0.05) is 31.0 Å². The van der Waals surface area contributed by atoms with Gasteiger partial charge in [-0.3, -0.25) is 9.78 Å². The predicted molar refractivity (Wildman–Crippen MR) is 76.0 cm³/mol. The summed E-state index contributed by atoms with van der Waals surface area (Å²) >= 11 is 0. The number of carbonyl (C=O) groups excluding carboxylic acids is 1. The van der Waals surface area contributed by atoms with Gasteiger partial charge in [0.25, 0.3) is 0 Å². The number of Topliss-reactive ketones (excluding diaryl/α,β-unsaturated/α-hetero) is 1. The molecule has 2 heterocycles. The first-order chi connectivity index (χ1) is 9.74. The third-order valence-electron chi connectivity index (χ3n) is 3.47.